The van der Waals surface area contributed by atoms with E-state index in [1.807, 2.05) is 0 Å². The number of pyridine rings is 2. The molecule has 0 aliphatic carbocycles. The van der Waals surface area contributed by atoms with Crippen LogP contribution in [0.2, 0.25) is 0 Å². The second-order valence-corrected chi connectivity index (χ2v) is 3.76. The van der Waals surface area contributed by atoms with Crippen molar-refractivity contribution in [1.29, 1.82) is 0 Å². The summed E-state index contributed by atoms with van der Waals surface area (Å²) in [5, 5.41) is 10.7. The molecular formula is C11H11N5O3. The zero-order valence-corrected chi connectivity index (χ0v) is 9.81. The molecule has 3 N–H and O–H groups in total. The van der Waals surface area contributed by atoms with E-state index in [0.29, 0.717) is 11.4 Å². The van der Waals surface area contributed by atoms with E-state index in [1.165, 1.54) is 29.1 Å². The molecular weight excluding hydrogens is 250 g/mol. The van der Waals surface area contributed by atoms with Gasteiger partial charge >= 0.3 is 11.2 Å². The summed E-state index contributed by atoms with van der Waals surface area (Å²) in [7, 11) is 0. The maximum absolute atomic E-state index is 11.8. The lowest BCUT2D eigenvalue weighted by Crippen LogP contribution is -2.22. The molecule has 0 unspecified atom stereocenters. The van der Waals surface area contributed by atoms with Crippen LogP contribution >= 0.6 is 0 Å². The van der Waals surface area contributed by atoms with Crippen molar-refractivity contribution >= 4 is 11.4 Å². The molecule has 0 amide bonds. The monoisotopic (exact) mass is 261 g/mol. The molecule has 0 bridgehead atoms. The smallest absolute Gasteiger partial charge is 0.324 e. The van der Waals surface area contributed by atoms with Crippen LogP contribution in [-0.2, 0) is 6.54 Å². The van der Waals surface area contributed by atoms with Crippen molar-refractivity contribution in [2.45, 2.75) is 6.54 Å². The highest BCUT2D eigenvalue weighted by Gasteiger charge is 2.13. The molecule has 0 spiro atoms. The van der Waals surface area contributed by atoms with Crippen LogP contribution in [0.1, 0.15) is 5.69 Å². The van der Waals surface area contributed by atoms with Gasteiger partial charge in [0.1, 0.15) is 0 Å². The van der Waals surface area contributed by atoms with Crippen LogP contribution in [0.3, 0.4) is 0 Å². The average molecular weight is 261 g/mol. The topological polar surface area (TPSA) is 116 Å². The molecule has 2 aromatic heterocycles. The fourth-order valence-corrected chi connectivity index (χ4v) is 1.62. The first-order chi connectivity index (χ1) is 9.11. The van der Waals surface area contributed by atoms with Crippen molar-refractivity contribution in [2.75, 3.05) is 5.43 Å². The largest absolute Gasteiger partial charge is 0.334 e. The van der Waals surface area contributed by atoms with Gasteiger partial charge in [-0.3, -0.25) is 25.7 Å². The molecule has 0 saturated carbocycles. The first-order valence-electron chi connectivity index (χ1n) is 5.37. The van der Waals surface area contributed by atoms with Crippen molar-refractivity contribution < 1.29 is 4.92 Å². The Morgan fingerprint density at radius 2 is 2.26 bits per heavy atom. The quantitative estimate of drug-likeness (QED) is 0.470. The lowest BCUT2D eigenvalue weighted by atomic mass is 10.3. The zero-order chi connectivity index (χ0) is 13.8. The number of nitrogens with two attached hydrogens (primary N) is 1. The molecule has 0 radical (unpaired) electrons. The third-order valence-electron chi connectivity index (χ3n) is 2.51. The fraction of sp³-hybridized carbons (Fsp3) is 0.0909. The Morgan fingerprint density at radius 1 is 1.47 bits per heavy atom. The third kappa shape index (κ3) is 2.75. The SMILES string of the molecule is NNc1ccnc(Cn2cccc([N+](=O)[O-])c2=O)c1. The summed E-state index contributed by atoms with van der Waals surface area (Å²) in [6.07, 6.45) is 3.01. The van der Waals surface area contributed by atoms with E-state index in [4.69, 9.17) is 5.84 Å². The Hall–Kier alpha value is -2.74. The van der Waals surface area contributed by atoms with Crippen LogP contribution in [0.4, 0.5) is 11.4 Å². The maximum atomic E-state index is 11.8. The van der Waals surface area contributed by atoms with E-state index >= 15 is 0 Å². The van der Waals surface area contributed by atoms with Gasteiger partial charge < -0.3 is 9.99 Å². The summed E-state index contributed by atoms with van der Waals surface area (Å²) in [5.74, 6) is 5.27. The van der Waals surface area contributed by atoms with Crippen LogP contribution in [0.5, 0.6) is 0 Å². The van der Waals surface area contributed by atoms with Gasteiger partial charge in [-0.05, 0) is 18.2 Å². The zero-order valence-electron chi connectivity index (χ0n) is 9.81. The van der Waals surface area contributed by atoms with Gasteiger partial charge in [-0.2, -0.15) is 0 Å². The van der Waals surface area contributed by atoms with E-state index < -0.39 is 16.2 Å². The van der Waals surface area contributed by atoms with Gasteiger partial charge in [-0.25, -0.2) is 0 Å². The molecule has 0 aliphatic heterocycles. The maximum Gasteiger partial charge on any atom is 0.334 e. The number of aromatic nitrogens is 2. The molecule has 0 fully saturated rings. The number of hydrogen-bond donors (Lipinski definition) is 2. The normalized spacial score (nSPS) is 10.2. The van der Waals surface area contributed by atoms with Crippen LogP contribution in [0, 0.1) is 10.1 Å². The first kappa shape index (κ1) is 12.7. The highest BCUT2D eigenvalue weighted by atomic mass is 16.6. The molecule has 0 aromatic carbocycles. The molecule has 8 heteroatoms. The number of hydrazine groups is 1. The number of rotatable bonds is 4. The molecule has 8 nitrogen and oxygen atoms in total. The Balaban J connectivity index is 2.36. The lowest BCUT2D eigenvalue weighted by molar-refractivity contribution is -0.386. The van der Waals surface area contributed by atoms with Crippen LogP contribution in [-0.4, -0.2) is 14.5 Å². The fourth-order valence-electron chi connectivity index (χ4n) is 1.62. The second kappa shape index (κ2) is 5.27. The number of nitrogens with one attached hydrogen (secondary N) is 1. The van der Waals surface area contributed by atoms with Crippen LogP contribution in [0.15, 0.2) is 41.5 Å². The predicted molar refractivity (Wildman–Crippen MR) is 68.5 cm³/mol. The summed E-state index contributed by atoms with van der Waals surface area (Å²) in [5.41, 5.74) is 2.54. The Bertz CT molecular complexity index is 667. The molecule has 19 heavy (non-hydrogen) atoms. The van der Waals surface area contributed by atoms with E-state index in [0.717, 1.165) is 0 Å². The van der Waals surface area contributed by atoms with E-state index in [9.17, 15) is 14.9 Å². The number of anilines is 1. The minimum Gasteiger partial charge on any atom is -0.324 e. The van der Waals surface area contributed by atoms with Gasteiger partial charge in [0.25, 0.3) is 0 Å². The minimum atomic E-state index is -0.704. The predicted octanol–water partition coefficient (Wildman–Crippen LogP) is 0.485. The van der Waals surface area contributed by atoms with Gasteiger partial charge in [-0.15, -0.1) is 0 Å². The van der Waals surface area contributed by atoms with Crippen molar-refractivity contribution in [3.8, 4) is 0 Å². The number of nitrogen functional groups attached to an aromatic ring is 1. The molecule has 0 atom stereocenters. The first-order valence-corrected chi connectivity index (χ1v) is 5.37. The van der Waals surface area contributed by atoms with Crippen molar-refractivity contribution in [3.05, 3.63) is 62.8 Å². The van der Waals surface area contributed by atoms with E-state index in [2.05, 4.69) is 10.4 Å². The molecule has 2 heterocycles. The highest BCUT2D eigenvalue weighted by molar-refractivity contribution is 5.41. The second-order valence-electron chi connectivity index (χ2n) is 3.76. The number of nitro groups is 1. The third-order valence-corrected chi connectivity index (χ3v) is 2.51. The van der Waals surface area contributed by atoms with Crippen LogP contribution < -0.4 is 16.8 Å². The summed E-state index contributed by atoms with van der Waals surface area (Å²) < 4.78 is 1.22. The van der Waals surface area contributed by atoms with Gasteiger partial charge in [0, 0.05) is 18.5 Å². The standard InChI is InChI=1S/C11H11N5O3/c12-14-8-3-4-13-9(6-8)7-15-5-1-2-10(11(15)17)16(18)19/h1-6H,7,12H2,(H,13,14). The molecule has 2 rings (SSSR count). The summed E-state index contributed by atoms with van der Waals surface area (Å²) in [6.45, 7) is 0.135. The van der Waals surface area contributed by atoms with E-state index in [-0.39, 0.29) is 6.54 Å². The summed E-state index contributed by atoms with van der Waals surface area (Å²) >= 11 is 0. The summed E-state index contributed by atoms with van der Waals surface area (Å²) in [4.78, 5) is 25.9. The van der Waals surface area contributed by atoms with Gasteiger partial charge in [0.15, 0.2) is 0 Å². The molecule has 2 aromatic rings. The average Bonchev–Trinajstić information content (AvgIpc) is 2.41. The lowest BCUT2D eigenvalue weighted by Gasteiger charge is -2.06. The van der Waals surface area contributed by atoms with Gasteiger partial charge in [0.2, 0.25) is 0 Å². The van der Waals surface area contributed by atoms with Gasteiger partial charge in [0.05, 0.1) is 22.8 Å². The Morgan fingerprint density at radius 3 is 2.95 bits per heavy atom. The van der Waals surface area contributed by atoms with Crippen molar-refractivity contribution in [2.24, 2.45) is 5.84 Å². The molecule has 0 saturated heterocycles. The van der Waals surface area contributed by atoms with Crippen molar-refractivity contribution in [3.63, 3.8) is 0 Å². The highest BCUT2D eigenvalue weighted by Crippen LogP contribution is 2.08. The van der Waals surface area contributed by atoms with Crippen LogP contribution in [0.25, 0.3) is 0 Å². The number of hydrogen-bond acceptors (Lipinski definition) is 6. The minimum absolute atomic E-state index is 0.135. The molecule has 98 valence electrons. The van der Waals surface area contributed by atoms with Crippen molar-refractivity contribution in [1.82, 2.24) is 9.55 Å². The van der Waals surface area contributed by atoms with E-state index in [1.54, 1.807) is 12.1 Å². The Kier molecular flexibility index (Phi) is 3.53. The van der Waals surface area contributed by atoms with Gasteiger partial charge in [-0.1, -0.05) is 0 Å². The Labute approximate surface area is 107 Å². The summed E-state index contributed by atoms with van der Waals surface area (Å²) in [6, 6.07) is 5.94. The number of nitrogens with zero attached hydrogens (tertiary/aromatic N) is 3. The molecule has 0 aliphatic rings.